The highest BCUT2D eigenvalue weighted by Gasteiger charge is 2.00. The van der Waals surface area contributed by atoms with Gasteiger partial charge in [-0.3, -0.25) is 0 Å². The van der Waals surface area contributed by atoms with Crippen LogP contribution < -0.4 is 0 Å². The summed E-state index contributed by atoms with van der Waals surface area (Å²) in [4.78, 5) is 0. The average Bonchev–Trinajstić information content (AvgIpc) is 2.07. The van der Waals surface area contributed by atoms with E-state index in [0.717, 1.165) is 0 Å². The lowest BCUT2D eigenvalue weighted by atomic mass is 9.97. The molecule has 0 radical (unpaired) electrons. The standard InChI is InChI=1S/C7H12.C4H10/c1-7-5-3-2-4-6-7;1-3-4-2/h1-6H2;3-4H2,1-2H3. The first-order chi connectivity index (χ1) is 5.31. The van der Waals surface area contributed by atoms with Crippen molar-refractivity contribution in [3.63, 3.8) is 0 Å². The second kappa shape index (κ2) is 7.84. The van der Waals surface area contributed by atoms with Crippen molar-refractivity contribution in [1.29, 1.82) is 0 Å². The predicted octanol–water partition coefficient (Wildman–Crippen LogP) is 4.31. The molecule has 0 spiro atoms. The van der Waals surface area contributed by atoms with E-state index in [-0.39, 0.29) is 0 Å². The van der Waals surface area contributed by atoms with Gasteiger partial charge in [-0.25, -0.2) is 0 Å². The third-order valence-electron chi connectivity index (χ3n) is 2.06. The smallest absolute Gasteiger partial charge is 0.0323 e. The van der Waals surface area contributed by atoms with Crippen LogP contribution in [0.3, 0.4) is 0 Å². The van der Waals surface area contributed by atoms with E-state index in [9.17, 15) is 0 Å². The van der Waals surface area contributed by atoms with Gasteiger partial charge in [0.05, 0.1) is 0 Å². The largest absolute Gasteiger partial charge is 0.0999 e. The molecule has 1 aliphatic carbocycles. The van der Waals surface area contributed by atoms with Gasteiger partial charge in [0.2, 0.25) is 0 Å². The van der Waals surface area contributed by atoms with Crippen molar-refractivity contribution in [2.24, 2.45) is 0 Å². The molecule has 0 atom stereocenters. The van der Waals surface area contributed by atoms with Gasteiger partial charge in [0.1, 0.15) is 0 Å². The van der Waals surface area contributed by atoms with Crippen LogP contribution in [-0.2, 0) is 0 Å². The Morgan fingerprint density at radius 2 is 1.45 bits per heavy atom. The minimum Gasteiger partial charge on any atom is -0.0999 e. The van der Waals surface area contributed by atoms with Crippen LogP contribution >= 0.6 is 0 Å². The molecule has 11 heavy (non-hydrogen) atoms. The molecule has 0 N–H and O–H groups in total. The number of hydrogen-bond donors (Lipinski definition) is 0. The molecular weight excluding hydrogens is 132 g/mol. The summed E-state index contributed by atoms with van der Waals surface area (Å²) in [7, 11) is 0. The van der Waals surface area contributed by atoms with Gasteiger partial charge in [-0.15, -0.1) is 0 Å². The number of hydrogen-bond acceptors (Lipinski definition) is 0. The van der Waals surface area contributed by atoms with Crippen molar-refractivity contribution in [1.82, 2.24) is 0 Å². The third-order valence-corrected chi connectivity index (χ3v) is 2.06. The second-order valence-corrected chi connectivity index (χ2v) is 3.31. The molecule has 1 aliphatic rings. The number of unbranched alkanes of at least 4 members (excludes halogenated alkanes) is 1. The molecular formula is C11H22. The van der Waals surface area contributed by atoms with Crippen LogP contribution in [0, 0.1) is 0 Å². The Morgan fingerprint density at radius 3 is 1.64 bits per heavy atom. The van der Waals surface area contributed by atoms with Crippen LogP contribution in [0.2, 0.25) is 0 Å². The van der Waals surface area contributed by atoms with E-state index >= 15 is 0 Å². The van der Waals surface area contributed by atoms with Crippen LogP contribution in [0.5, 0.6) is 0 Å². The Kier molecular flexibility index (Phi) is 7.66. The molecule has 0 saturated heterocycles. The van der Waals surface area contributed by atoms with E-state index < -0.39 is 0 Å². The topological polar surface area (TPSA) is 0 Å². The Bertz CT molecular complexity index is 82.2. The number of rotatable bonds is 1. The van der Waals surface area contributed by atoms with Gasteiger partial charge in [-0.2, -0.15) is 0 Å². The van der Waals surface area contributed by atoms with E-state index in [1.165, 1.54) is 50.5 Å². The zero-order valence-electron chi connectivity index (χ0n) is 8.16. The minimum atomic E-state index is 1.29. The highest BCUT2D eigenvalue weighted by atomic mass is 14.1. The molecule has 1 rings (SSSR count). The fourth-order valence-electron chi connectivity index (χ4n) is 1.05. The summed E-state index contributed by atoms with van der Waals surface area (Å²) in [6, 6.07) is 0. The lowest BCUT2D eigenvalue weighted by Gasteiger charge is -2.10. The van der Waals surface area contributed by atoms with Gasteiger partial charge < -0.3 is 0 Å². The highest BCUT2D eigenvalue weighted by Crippen LogP contribution is 2.20. The summed E-state index contributed by atoms with van der Waals surface area (Å²) in [6.07, 6.45) is 9.43. The summed E-state index contributed by atoms with van der Waals surface area (Å²) < 4.78 is 0. The van der Waals surface area contributed by atoms with E-state index in [2.05, 4.69) is 20.4 Å². The summed E-state index contributed by atoms with van der Waals surface area (Å²) in [6.45, 7) is 8.28. The fraction of sp³-hybridized carbons (Fsp3) is 0.818. The van der Waals surface area contributed by atoms with E-state index in [1.807, 2.05) is 0 Å². The van der Waals surface area contributed by atoms with Gasteiger partial charge in [-0.1, -0.05) is 45.3 Å². The van der Waals surface area contributed by atoms with Gasteiger partial charge in [-0.05, 0) is 25.7 Å². The van der Waals surface area contributed by atoms with Crippen molar-refractivity contribution < 1.29 is 0 Å². The Labute approximate surface area is 71.7 Å². The SMILES string of the molecule is C=C1CCCCC1.CCCC. The molecule has 0 heterocycles. The molecule has 0 amide bonds. The highest BCUT2D eigenvalue weighted by molar-refractivity contribution is 4.95. The third kappa shape index (κ3) is 7.64. The molecule has 1 fully saturated rings. The van der Waals surface area contributed by atoms with Crippen LogP contribution in [-0.4, -0.2) is 0 Å². The van der Waals surface area contributed by atoms with Gasteiger partial charge in [0.15, 0.2) is 0 Å². The molecule has 0 unspecified atom stereocenters. The molecule has 0 heteroatoms. The maximum absolute atomic E-state index is 3.91. The maximum Gasteiger partial charge on any atom is -0.0323 e. The molecule has 0 bridgehead atoms. The molecule has 0 aromatic rings. The van der Waals surface area contributed by atoms with Crippen LogP contribution in [0.1, 0.15) is 58.8 Å². The molecule has 1 saturated carbocycles. The Morgan fingerprint density at radius 1 is 1.00 bits per heavy atom. The van der Waals surface area contributed by atoms with E-state index in [0.29, 0.717) is 0 Å². The summed E-state index contributed by atoms with van der Waals surface area (Å²) in [5, 5.41) is 0. The zero-order valence-corrected chi connectivity index (χ0v) is 8.16. The summed E-state index contributed by atoms with van der Waals surface area (Å²) >= 11 is 0. The van der Waals surface area contributed by atoms with Crippen molar-refractivity contribution in [3.8, 4) is 0 Å². The van der Waals surface area contributed by atoms with Crippen molar-refractivity contribution in [3.05, 3.63) is 12.2 Å². The lowest BCUT2D eigenvalue weighted by Crippen LogP contribution is -1.90. The normalized spacial score (nSPS) is 17.1. The summed E-state index contributed by atoms with van der Waals surface area (Å²) in [5.74, 6) is 0. The maximum atomic E-state index is 3.91. The van der Waals surface area contributed by atoms with Gasteiger partial charge >= 0.3 is 0 Å². The van der Waals surface area contributed by atoms with Gasteiger partial charge in [0.25, 0.3) is 0 Å². The lowest BCUT2D eigenvalue weighted by molar-refractivity contribution is 0.601. The van der Waals surface area contributed by atoms with Crippen molar-refractivity contribution in [2.75, 3.05) is 0 Å². The first-order valence-electron chi connectivity index (χ1n) is 4.97. The zero-order chi connectivity index (χ0) is 8.53. The predicted molar refractivity (Wildman–Crippen MR) is 52.8 cm³/mol. The molecule has 0 aromatic heterocycles. The first-order valence-corrected chi connectivity index (χ1v) is 4.97. The van der Waals surface area contributed by atoms with Crippen molar-refractivity contribution >= 4 is 0 Å². The van der Waals surface area contributed by atoms with Gasteiger partial charge in [0, 0.05) is 0 Å². The Hall–Kier alpha value is -0.260. The average molecular weight is 154 g/mol. The van der Waals surface area contributed by atoms with E-state index in [1.54, 1.807) is 0 Å². The van der Waals surface area contributed by atoms with Crippen LogP contribution in [0.25, 0.3) is 0 Å². The van der Waals surface area contributed by atoms with Crippen LogP contribution in [0.15, 0.2) is 12.2 Å². The molecule has 0 aliphatic heterocycles. The van der Waals surface area contributed by atoms with E-state index in [4.69, 9.17) is 0 Å². The number of allylic oxidation sites excluding steroid dienone is 1. The van der Waals surface area contributed by atoms with Crippen molar-refractivity contribution in [2.45, 2.75) is 58.8 Å². The van der Waals surface area contributed by atoms with Crippen LogP contribution in [0.4, 0.5) is 0 Å². The molecule has 0 aromatic carbocycles. The summed E-state index contributed by atoms with van der Waals surface area (Å²) in [5.41, 5.74) is 1.46. The quantitative estimate of drug-likeness (QED) is 0.494. The fourth-order valence-corrected chi connectivity index (χ4v) is 1.05. The Balaban J connectivity index is 0.000000218. The first kappa shape index (κ1) is 10.7. The molecule has 0 nitrogen and oxygen atoms in total. The minimum absolute atomic E-state index is 1.29. The second-order valence-electron chi connectivity index (χ2n) is 3.31. The monoisotopic (exact) mass is 154 g/mol. The molecule has 66 valence electrons.